The molecule has 172 valence electrons. The van der Waals surface area contributed by atoms with Crippen LogP contribution in [0.5, 0.6) is 17.2 Å². The summed E-state index contributed by atoms with van der Waals surface area (Å²) in [5.74, 6) is -0.940. The molecule has 2 aromatic carbocycles. The summed E-state index contributed by atoms with van der Waals surface area (Å²) in [7, 11) is -2.48. The van der Waals surface area contributed by atoms with Crippen molar-refractivity contribution in [1.29, 1.82) is 0 Å². The molecule has 0 atom stereocenters. The van der Waals surface area contributed by atoms with Crippen molar-refractivity contribution in [3.05, 3.63) is 48.6 Å². The fourth-order valence-electron chi connectivity index (χ4n) is 2.74. The van der Waals surface area contributed by atoms with Gasteiger partial charge in [0.05, 0.1) is 20.3 Å². The molecule has 0 bridgehead atoms. The molecule has 0 aliphatic carbocycles. The predicted molar refractivity (Wildman–Crippen MR) is 122 cm³/mol. The Balaban J connectivity index is 2.95. The SMILES string of the molecule is C=C(C)C(=O)Oc1cc(P(=O)(OCC)OCC)c(OC(=O)C(=C)C)c2ccc(OC)cc12. The second kappa shape index (κ2) is 10.6. The van der Waals surface area contributed by atoms with Crippen LogP contribution in [0.25, 0.3) is 10.8 Å². The molecule has 0 N–H and O–H groups in total. The third-order valence-electron chi connectivity index (χ3n) is 4.22. The Labute approximate surface area is 187 Å². The zero-order valence-electron chi connectivity index (χ0n) is 18.9. The normalized spacial score (nSPS) is 11.2. The Bertz CT molecular complexity index is 1110. The van der Waals surface area contributed by atoms with E-state index in [1.165, 1.54) is 27.0 Å². The van der Waals surface area contributed by atoms with Crippen molar-refractivity contribution in [2.24, 2.45) is 0 Å². The standard InChI is InChI=1S/C23H27O8P/c1-8-28-32(26,29-9-2)20-13-19(30-22(24)14(3)4)18-12-16(27-7)10-11-17(18)21(20)31-23(25)15(5)6/h10-13H,3,5,8-9H2,1-2,4,6-7H3. The Morgan fingerprint density at radius 3 is 1.97 bits per heavy atom. The maximum atomic E-state index is 13.7. The largest absolute Gasteiger partial charge is 0.497 e. The molecule has 0 fully saturated rings. The maximum absolute atomic E-state index is 13.7. The van der Waals surface area contributed by atoms with Gasteiger partial charge in [-0.05, 0) is 45.9 Å². The summed E-state index contributed by atoms with van der Waals surface area (Å²) in [5.41, 5.74) is 0.302. The molecule has 0 radical (unpaired) electrons. The van der Waals surface area contributed by atoms with Gasteiger partial charge in [0.2, 0.25) is 0 Å². The highest BCUT2D eigenvalue weighted by molar-refractivity contribution is 7.62. The van der Waals surface area contributed by atoms with Crippen molar-refractivity contribution in [3.8, 4) is 17.2 Å². The van der Waals surface area contributed by atoms with E-state index in [0.717, 1.165) is 0 Å². The molecule has 0 aliphatic heterocycles. The molecular formula is C23H27O8P. The van der Waals surface area contributed by atoms with Crippen molar-refractivity contribution < 1.29 is 37.4 Å². The zero-order valence-corrected chi connectivity index (χ0v) is 19.7. The fourth-order valence-corrected chi connectivity index (χ4v) is 4.46. The summed E-state index contributed by atoms with van der Waals surface area (Å²) in [6.07, 6.45) is 0. The molecule has 0 unspecified atom stereocenters. The minimum absolute atomic E-state index is 0.0454. The van der Waals surface area contributed by atoms with Crippen LogP contribution >= 0.6 is 7.60 Å². The number of hydrogen-bond acceptors (Lipinski definition) is 8. The number of carbonyl (C=O) groups excluding carboxylic acids is 2. The Morgan fingerprint density at radius 1 is 0.906 bits per heavy atom. The number of fused-ring (bicyclic) bond motifs is 1. The number of rotatable bonds is 10. The molecule has 0 saturated heterocycles. The van der Waals surface area contributed by atoms with Gasteiger partial charge in [-0.3, -0.25) is 4.57 Å². The van der Waals surface area contributed by atoms with Gasteiger partial charge in [-0.15, -0.1) is 0 Å². The van der Waals surface area contributed by atoms with E-state index in [1.54, 1.807) is 32.0 Å². The molecule has 0 aliphatic rings. The highest BCUT2D eigenvalue weighted by Gasteiger charge is 2.34. The van der Waals surface area contributed by atoms with Gasteiger partial charge in [-0.25, -0.2) is 9.59 Å². The van der Waals surface area contributed by atoms with Crippen LogP contribution in [0.2, 0.25) is 0 Å². The van der Waals surface area contributed by atoms with Crippen LogP contribution in [0.1, 0.15) is 27.7 Å². The molecule has 2 aromatic rings. The summed E-state index contributed by atoms with van der Waals surface area (Å²) >= 11 is 0. The van der Waals surface area contributed by atoms with Crippen molar-refractivity contribution >= 4 is 35.6 Å². The van der Waals surface area contributed by atoms with Crippen molar-refractivity contribution in [1.82, 2.24) is 0 Å². The van der Waals surface area contributed by atoms with E-state index in [9.17, 15) is 14.2 Å². The molecule has 0 spiro atoms. The van der Waals surface area contributed by atoms with Gasteiger partial charge in [0.25, 0.3) is 0 Å². The van der Waals surface area contributed by atoms with E-state index in [2.05, 4.69) is 13.2 Å². The van der Waals surface area contributed by atoms with Crippen LogP contribution in [0, 0.1) is 0 Å². The van der Waals surface area contributed by atoms with Crippen molar-refractivity contribution in [2.75, 3.05) is 20.3 Å². The number of esters is 2. The first kappa shape index (κ1) is 25.3. The summed E-state index contributed by atoms with van der Waals surface area (Å²) in [5, 5.41) is 0.659. The van der Waals surface area contributed by atoms with Gasteiger partial charge in [0.1, 0.15) is 16.8 Å². The third kappa shape index (κ3) is 5.46. The number of benzene rings is 2. The Kier molecular flexibility index (Phi) is 8.38. The predicted octanol–water partition coefficient (Wildman–Crippen LogP) is 4.70. The lowest BCUT2D eigenvalue weighted by Crippen LogP contribution is -2.20. The van der Waals surface area contributed by atoms with E-state index >= 15 is 0 Å². The number of carbonyl (C=O) groups is 2. The van der Waals surface area contributed by atoms with E-state index in [4.69, 9.17) is 23.3 Å². The van der Waals surface area contributed by atoms with Gasteiger partial charge < -0.3 is 23.3 Å². The lowest BCUT2D eigenvalue weighted by atomic mass is 10.1. The molecule has 2 rings (SSSR count). The average Bonchev–Trinajstić information content (AvgIpc) is 2.74. The molecule has 0 saturated carbocycles. The van der Waals surface area contributed by atoms with Crippen LogP contribution in [-0.2, 0) is 23.2 Å². The fraction of sp³-hybridized carbons (Fsp3) is 0.304. The maximum Gasteiger partial charge on any atom is 0.365 e. The molecule has 0 amide bonds. The van der Waals surface area contributed by atoms with Gasteiger partial charge in [-0.1, -0.05) is 13.2 Å². The molecule has 9 heteroatoms. The first-order valence-corrected chi connectivity index (χ1v) is 11.4. The summed E-state index contributed by atoms with van der Waals surface area (Å²) in [6.45, 7) is 13.6. The van der Waals surface area contributed by atoms with Crippen molar-refractivity contribution in [2.45, 2.75) is 27.7 Å². The van der Waals surface area contributed by atoms with Crippen LogP contribution in [0.15, 0.2) is 48.6 Å². The first-order valence-electron chi connectivity index (χ1n) is 9.87. The minimum atomic E-state index is -3.96. The number of methoxy groups -OCH3 is 1. The minimum Gasteiger partial charge on any atom is -0.497 e. The van der Waals surface area contributed by atoms with Gasteiger partial charge in [0, 0.05) is 28.0 Å². The van der Waals surface area contributed by atoms with Gasteiger partial charge in [0.15, 0.2) is 5.75 Å². The topological polar surface area (TPSA) is 97.4 Å². The highest BCUT2D eigenvalue weighted by atomic mass is 31.2. The smallest absolute Gasteiger partial charge is 0.365 e. The quantitative estimate of drug-likeness (QED) is 0.217. The van der Waals surface area contributed by atoms with Crippen LogP contribution < -0.4 is 19.5 Å². The van der Waals surface area contributed by atoms with Crippen LogP contribution in [0.4, 0.5) is 0 Å². The third-order valence-corrected chi connectivity index (χ3v) is 6.34. The molecule has 32 heavy (non-hydrogen) atoms. The van der Waals surface area contributed by atoms with Crippen LogP contribution in [0.3, 0.4) is 0 Å². The van der Waals surface area contributed by atoms with E-state index in [1.807, 2.05) is 0 Å². The van der Waals surface area contributed by atoms with E-state index in [0.29, 0.717) is 16.5 Å². The average molecular weight is 462 g/mol. The monoisotopic (exact) mass is 462 g/mol. The number of ether oxygens (including phenoxy) is 3. The van der Waals surface area contributed by atoms with E-state index in [-0.39, 0.29) is 41.2 Å². The molecule has 8 nitrogen and oxygen atoms in total. The first-order chi connectivity index (χ1) is 15.1. The molecule has 0 aromatic heterocycles. The van der Waals surface area contributed by atoms with Gasteiger partial charge in [-0.2, -0.15) is 0 Å². The summed E-state index contributed by atoms with van der Waals surface area (Å²) in [6, 6.07) is 6.14. The Hall–Kier alpha value is -2.93. The lowest BCUT2D eigenvalue weighted by molar-refractivity contribution is -0.131. The zero-order chi connectivity index (χ0) is 24.1. The second-order valence-corrected chi connectivity index (χ2v) is 8.80. The Morgan fingerprint density at radius 2 is 1.47 bits per heavy atom. The van der Waals surface area contributed by atoms with E-state index < -0.39 is 19.5 Å². The number of hydrogen-bond donors (Lipinski definition) is 0. The van der Waals surface area contributed by atoms with Gasteiger partial charge >= 0.3 is 19.5 Å². The van der Waals surface area contributed by atoms with Crippen LogP contribution in [-0.4, -0.2) is 32.3 Å². The molecular weight excluding hydrogens is 435 g/mol. The highest BCUT2D eigenvalue weighted by Crippen LogP contribution is 2.52. The lowest BCUT2D eigenvalue weighted by Gasteiger charge is -2.22. The van der Waals surface area contributed by atoms with Crippen molar-refractivity contribution in [3.63, 3.8) is 0 Å². The molecule has 0 heterocycles. The summed E-state index contributed by atoms with van der Waals surface area (Å²) in [4.78, 5) is 24.7. The second-order valence-electron chi connectivity index (χ2n) is 6.81. The summed E-state index contributed by atoms with van der Waals surface area (Å²) < 4.78 is 41.0.